The van der Waals surface area contributed by atoms with Crippen LogP contribution in [0.3, 0.4) is 0 Å². The van der Waals surface area contributed by atoms with Crippen LogP contribution in [-0.4, -0.2) is 37.6 Å². The van der Waals surface area contributed by atoms with Crippen molar-refractivity contribution in [2.45, 2.75) is 32.1 Å². The highest BCUT2D eigenvalue weighted by atomic mass is 79.9. The van der Waals surface area contributed by atoms with E-state index >= 15 is 0 Å². The third-order valence-electron chi connectivity index (χ3n) is 5.44. The number of benzene rings is 1. The van der Waals surface area contributed by atoms with Crippen LogP contribution in [0.5, 0.6) is 0 Å². The molecule has 3 rings (SSSR count). The zero-order chi connectivity index (χ0) is 14.0. The number of likely N-dealkylation sites (tertiary alicyclic amines) is 1. The first-order valence-electron chi connectivity index (χ1n) is 7.92. The lowest BCUT2D eigenvalue weighted by molar-refractivity contribution is 0.0563. The van der Waals surface area contributed by atoms with Crippen LogP contribution in [0.1, 0.15) is 37.7 Å². The minimum atomic E-state index is 0.526. The SMILES string of the molecule is CCN1CCC2(CCNCC2c2cccc(Br)c2)CC1. The largest absolute Gasteiger partial charge is 0.316 e. The molecule has 2 aliphatic heterocycles. The van der Waals surface area contributed by atoms with Gasteiger partial charge in [0.15, 0.2) is 0 Å². The highest BCUT2D eigenvalue weighted by molar-refractivity contribution is 9.10. The summed E-state index contributed by atoms with van der Waals surface area (Å²) in [5.41, 5.74) is 2.04. The molecule has 1 unspecified atom stereocenters. The summed E-state index contributed by atoms with van der Waals surface area (Å²) in [4.78, 5) is 2.60. The summed E-state index contributed by atoms with van der Waals surface area (Å²) in [5.74, 6) is 0.674. The van der Waals surface area contributed by atoms with Crippen LogP contribution in [0, 0.1) is 5.41 Å². The molecule has 1 aromatic rings. The lowest BCUT2D eigenvalue weighted by Gasteiger charge is -2.49. The predicted octanol–water partition coefficient (Wildman–Crippen LogP) is 3.63. The van der Waals surface area contributed by atoms with E-state index in [2.05, 4.69) is 57.3 Å². The zero-order valence-electron chi connectivity index (χ0n) is 12.4. The van der Waals surface area contributed by atoms with Gasteiger partial charge in [-0.1, -0.05) is 35.0 Å². The van der Waals surface area contributed by atoms with Gasteiger partial charge in [-0.05, 0) is 68.6 Å². The van der Waals surface area contributed by atoms with Gasteiger partial charge in [0, 0.05) is 16.9 Å². The lowest BCUT2D eigenvalue weighted by atomic mass is 9.63. The summed E-state index contributed by atoms with van der Waals surface area (Å²) < 4.78 is 1.21. The van der Waals surface area contributed by atoms with E-state index in [9.17, 15) is 0 Å². The molecule has 1 spiro atoms. The van der Waals surface area contributed by atoms with Gasteiger partial charge in [-0.2, -0.15) is 0 Å². The van der Waals surface area contributed by atoms with Crippen LogP contribution in [0.4, 0.5) is 0 Å². The van der Waals surface area contributed by atoms with Gasteiger partial charge in [-0.25, -0.2) is 0 Å². The Labute approximate surface area is 131 Å². The monoisotopic (exact) mass is 336 g/mol. The van der Waals surface area contributed by atoms with Crippen molar-refractivity contribution in [2.75, 3.05) is 32.7 Å². The molecule has 0 aromatic heterocycles. The van der Waals surface area contributed by atoms with E-state index in [0.29, 0.717) is 11.3 Å². The van der Waals surface area contributed by atoms with Gasteiger partial charge < -0.3 is 10.2 Å². The van der Waals surface area contributed by atoms with Gasteiger partial charge in [0.1, 0.15) is 0 Å². The van der Waals surface area contributed by atoms with Crippen molar-refractivity contribution in [3.63, 3.8) is 0 Å². The van der Waals surface area contributed by atoms with Crippen molar-refractivity contribution in [3.8, 4) is 0 Å². The number of nitrogens with zero attached hydrogens (tertiary/aromatic N) is 1. The zero-order valence-corrected chi connectivity index (χ0v) is 14.0. The van der Waals surface area contributed by atoms with Crippen LogP contribution in [0.2, 0.25) is 0 Å². The summed E-state index contributed by atoms with van der Waals surface area (Å²) in [6.07, 6.45) is 4.06. The van der Waals surface area contributed by atoms with E-state index in [0.717, 1.165) is 6.54 Å². The van der Waals surface area contributed by atoms with E-state index in [-0.39, 0.29) is 0 Å². The third kappa shape index (κ3) is 2.81. The maximum Gasteiger partial charge on any atom is 0.0178 e. The number of rotatable bonds is 2. The molecule has 0 aliphatic carbocycles. The topological polar surface area (TPSA) is 15.3 Å². The Morgan fingerprint density at radius 2 is 2.10 bits per heavy atom. The highest BCUT2D eigenvalue weighted by Gasteiger charge is 2.43. The summed E-state index contributed by atoms with van der Waals surface area (Å²) in [7, 11) is 0. The molecule has 1 N–H and O–H groups in total. The first-order valence-corrected chi connectivity index (χ1v) is 8.71. The van der Waals surface area contributed by atoms with Crippen LogP contribution in [0.25, 0.3) is 0 Å². The molecule has 2 fully saturated rings. The second-order valence-corrected chi connectivity index (χ2v) is 7.27. The van der Waals surface area contributed by atoms with Crippen molar-refractivity contribution in [3.05, 3.63) is 34.3 Å². The summed E-state index contributed by atoms with van der Waals surface area (Å²) >= 11 is 3.63. The van der Waals surface area contributed by atoms with Gasteiger partial charge in [-0.15, -0.1) is 0 Å². The number of hydrogen-bond donors (Lipinski definition) is 1. The maximum absolute atomic E-state index is 3.63. The fourth-order valence-electron chi connectivity index (χ4n) is 4.08. The average molecular weight is 337 g/mol. The fraction of sp³-hybridized carbons (Fsp3) is 0.647. The van der Waals surface area contributed by atoms with E-state index < -0.39 is 0 Å². The summed E-state index contributed by atoms with van der Waals surface area (Å²) in [6.45, 7) is 8.38. The van der Waals surface area contributed by atoms with Crippen molar-refractivity contribution < 1.29 is 0 Å². The normalized spacial score (nSPS) is 26.8. The van der Waals surface area contributed by atoms with E-state index in [1.165, 1.54) is 55.5 Å². The molecule has 0 radical (unpaired) electrons. The molecule has 20 heavy (non-hydrogen) atoms. The van der Waals surface area contributed by atoms with E-state index in [4.69, 9.17) is 0 Å². The van der Waals surface area contributed by atoms with Crippen LogP contribution < -0.4 is 5.32 Å². The van der Waals surface area contributed by atoms with Gasteiger partial charge in [0.2, 0.25) is 0 Å². The molecule has 110 valence electrons. The fourth-order valence-corrected chi connectivity index (χ4v) is 4.50. The second kappa shape index (κ2) is 6.17. The Balaban J connectivity index is 1.84. The number of nitrogens with one attached hydrogen (secondary N) is 1. The smallest absolute Gasteiger partial charge is 0.0178 e. The molecule has 2 nitrogen and oxygen atoms in total. The van der Waals surface area contributed by atoms with Gasteiger partial charge in [-0.3, -0.25) is 0 Å². The van der Waals surface area contributed by atoms with Gasteiger partial charge >= 0.3 is 0 Å². The summed E-state index contributed by atoms with van der Waals surface area (Å²) in [5, 5.41) is 3.62. The van der Waals surface area contributed by atoms with Crippen molar-refractivity contribution in [2.24, 2.45) is 5.41 Å². The van der Waals surface area contributed by atoms with Crippen molar-refractivity contribution >= 4 is 15.9 Å². The van der Waals surface area contributed by atoms with E-state index in [1.807, 2.05) is 0 Å². The molecule has 1 atom stereocenters. The first kappa shape index (κ1) is 14.6. The molecular weight excluding hydrogens is 312 g/mol. The van der Waals surface area contributed by atoms with Crippen LogP contribution >= 0.6 is 15.9 Å². The molecule has 3 heteroatoms. The Morgan fingerprint density at radius 1 is 1.30 bits per heavy atom. The van der Waals surface area contributed by atoms with Gasteiger partial charge in [0.25, 0.3) is 0 Å². The van der Waals surface area contributed by atoms with Gasteiger partial charge in [0.05, 0.1) is 0 Å². The molecule has 1 aromatic carbocycles. The Morgan fingerprint density at radius 3 is 2.80 bits per heavy atom. The van der Waals surface area contributed by atoms with Crippen molar-refractivity contribution in [1.82, 2.24) is 10.2 Å². The minimum Gasteiger partial charge on any atom is -0.316 e. The highest BCUT2D eigenvalue weighted by Crippen LogP contribution is 2.48. The standard InChI is InChI=1S/C17H25BrN2/c1-2-20-10-7-17(8-11-20)6-9-19-13-16(17)14-4-3-5-15(18)12-14/h3-5,12,16,19H,2,6-11,13H2,1H3. The minimum absolute atomic E-state index is 0.526. The molecule has 2 saturated heterocycles. The Kier molecular flexibility index (Phi) is 4.49. The molecular formula is C17H25BrN2. The molecule has 0 saturated carbocycles. The molecule has 0 amide bonds. The maximum atomic E-state index is 3.63. The molecule has 2 aliphatic rings. The number of piperidine rings is 2. The number of hydrogen-bond acceptors (Lipinski definition) is 2. The van der Waals surface area contributed by atoms with Crippen LogP contribution in [-0.2, 0) is 0 Å². The summed E-state index contributed by atoms with van der Waals surface area (Å²) in [6, 6.07) is 8.96. The molecule has 0 bridgehead atoms. The predicted molar refractivity (Wildman–Crippen MR) is 88.2 cm³/mol. The molecule has 2 heterocycles. The first-order chi connectivity index (χ1) is 9.73. The third-order valence-corrected chi connectivity index (χ3v) is 5.93. The number of halogens is 1. The van der Waals surface area contributed by atoms with E-state index in [1.54, 1.807) is 0 Å². The second-order valence-electron chi connectivity index (χ2n) is 6.36. The quantitative estimate of drug-likeness (QED) is 0.887. The lowest BCUT2D eigenvalue weighted by Crippen LogP contribution is -2.50. The van der Waals surface area contributed by atoms with Crippen LogP contribution in [0.15, 0.2) is 28.7 Å². The average Bonchev–Trinajstić information content (AvgIpc) is 2.48. The van der Waals surface area contributed by atoms with Crippen molar-refractivity contribution in [1.29, 1.82) is 0 Å². The Hall–Kier alpha value is -0.380. The Bertz CT molecular complexity index is 452.